The molecule has 3 N–H and O–H groups in total. The lowest BCUT2D eigenvalue weighted by molar-refractivity contribution is -0.105. The van der Waals surface area contributed by atoms with Gasteiger partial charge in [0.05, 0.1) is 6.10 Å². The fourth-order valence-electron chi connectivity index (χ4n) is 2.59. The highest BCUT2D eigenvalue weighted by molar-refractivity contribution is 5.85. The average Bonchev–Trinajstić information content (AvgIpc) is 2.73. The predicted molar refractivity (Wildman–Crippen MR) is 73.0 cm³/mol. The number of aldehydes is 1. The molecule has 0 radical (unpaired) electrons. The number of amides is 2. The molecule has 0 aromatic rings. The number of hydrogen-bond acceptors (Lipinski definition) is 5. The number of carbonyl (C=O) groups is 2. The van der Waals surface area contributed by atoms with Gasteiger partial charge >= 0.3 is 6.03 Å². The van der Waals surface area contributed by atoms with Gasteiger partial charge in [0, 0.05) is 17.8 Å². The van der Waals surface area contributed by atoms with Crippen molar-refractivity contribution in [3.05, 3.63) is 11.3 Å². The van der Waals surface area contributed by atoms with Crippen LogP contribution in [0.5, 0.6) is 0 Å². The van der Waals surface area contributed by atoms with Crippen molar-refractivity contribution in [2.75, 3.05) is 6.54 Å². The Balaban J connectivity index is 2.48. The van der Waals surface area contributed by atoms with E-state index in [9.17, 15) is 19.8 Å². The van der Waals surface area contributed by atoms with Crippen molar-refractivity contribution in [3.8, 4) is 12.3 Å². The van der Waals surface area contributed by atoms with Crippen LogP contribution >= 0.6 is 0 Å². The van der Waals surface area contributed by atoms with Crippen LogP contribution in [-0.4, -0.2) is 64.2 Å². The van der Waals surface area contributed by atoms with Crippen LogP contribution in [0, 0.1) is 12.3 Å². The van der Waals surface area contributed by atoms with E-state index in [1.165, 1.54) is 13.8 Å². The molecule has 0 aliphatic carbocycles. The Hall–Kier alpha value is -1.95. The van der Waals surface area contributed by atoms with Crippen LogP contribution in [0.4, 0.5) is 9.18 Å². The summed E-state index contributed by atoms with van der Waals surface area (Å²) in [5, 5.41) is 22.0. The SMILES string of the molecule is C#CC1(F)[C@@H](O)[C@@H]([C@H](C)O)O[C@H]1N1C(=O)NCC(C=O)=C1C. The first-order chi connectivity index (χ1) is 10.3. The maximum atomic E-state index is 15.0. The minimum atomic E-state index is -2.72. The number of urea groups is 1. The van der Waals surface area contributed by atoms with Gasteiger partial charge in [-0.15, -0.1) is 6.42 Å². The van der Waals surface area contributed by atoms with E-state index in [-0.39, 0.29) is 17.8 Å². The molecule has 0 aromatic heterocycles. The van der Waals surface area contributed by atoms with Gasteiger partial charge in [0.2, 0.25) is 5.67 Å². The number of nitrogens with one attached hydrogen (secondary N) is 1. The van der Waals surface area contributed by atoms with Gasteiger partial charge in [-0.25, -0.2) is 9.18 Å². The second kappa shape index (κ2) is 5.68. The van der Waals surface area contributed by atoms with Crippen LogP contribution in [0.2, 0.25) is 0 Å². The van der Waals surface area contributed by atoms with Crippen LogP contribution in [0.25, 0.3) is 0 Å². The Bertz CT molecular complexity index is 570. The predicted octanol–water partition coefficient (Wildman–Crippen LogP) is -0.707. The number of nitrogens with zero attached hydrogens (tertiary/aromatic N) is 1. The van der Waals surface area contributed by atoms with Crippen LogP contribution in [0.3, 0.4) is 0 Å². The molecule has 22 heavy (non-hydrogen) atoms. The molecule has 2 aliphatic rings. The molecular formula is C14H17FN2O5. The van der Waals surface area contributed by atoms with Crippen molar-refractivity contribution >= 4 is 12.3 Å². The molecule has 2 rings (SSSR count). The highest BCUT2D eigenvalue weighted by Gasteiger charge is 2.61. The van der Waals surface area contributed by atoms with Crippen LogP contribution < -0.4 is 5.32 Å². The van der Waals surface area contributed by atoms with Crippen LogP contribution in [-0.2, 0) is 9.53 Å². The van der Waals surface area contributed by atoms with E-state index in [4.69, 9.17) is 11.2 Å². The molecule has 1 unspecified atom stereocenters. The molecule has 0 saturated carbocycles. The fourth-order valence-corrected chi connectivity index (χ4v) is 2.59. The molecule has 8 heteroatoms. The smallest absolute Gasteiger partial charge is 0.324 e. The Kier molecular flexibility index (Phi) is 4.24. The Labute approximate surface area is 126 Å². The van der Waals surface area contributed by atoms with E-state index in [0.29, 0.717) is 6.29 Å². The number of rotatable bonds is 3. The molecule has 120 valence electrons. The van der Waals surface area contributed by atoms with Gasteiger partial charge in [0.1, 0.15) is 18.5 Å². The Morgan fingerprint density at radius 3 is 2.82 bits per heavy atom. The number of terminal acetylenes is 1. The monoisotopic (exact) mass is 312 g/mol. The Morgan fingerprint density at radius 1 is 1.68 bits per heavy atom. The first-order valence-corrected chi connectivity index (χ1v) is 6.68. The maximum absolute atomic E-state index is 15.0. The van der Waals surface area contributed by atoms with Gasteiger partial charge < -0.3 is 20.3 Å². The normalized spacial score (nSPS) is 36.8. The zero-order valence-electron chi connectivity index (χ0n) is 12.1. The van der Waals surface area contributed by atoms with E-state index in [0.717, 1.165) is 4.90 Å². The zero-order valence-corrected chi connectivity index (χ0v) is 12.1. The quantitative estimate of drug-likeness (QED) is 0.472. The molecule has 0 bridgehead atoms. The molecule has 2 aliphatic heterocycles. The molecule has 0 spiro atoms. The number of alkyl halides is 1. The van der Waals surface area contributed by atoms with Crippen molar-refractivity contribution in [2.45, 2.75) is 44.1 Å². The number of allylic oxidation sites excluding steroid dienone is 1. The van der Waals surface area contributed by atoms with Gasteiger partial charge in [-0.2, -0.15) is 0 Å². The number of aliphatic hydroxyl groups is 2. The summed E-state index contributed by atoms with van der Waals surface area (Å²) in [6.45, 7) is 2.77. The van der Waals surface area contributed by atoms with Crippen molar-refractivity contribution < 1.29 is 28.9 Å². The fraction of sp³-hybridized carbons (Fsp3) is 0.571. The lowest BCUT2D eigenvalue weighted by atomic mass is 9.94. The summed E-state index contributed by atoms with van der Waals surface area (Å²) in [4.78, 5) is 23.9. The summed E-state index contributed by atoms with van der Waals surface area (Å²) in [6, 6.07) is -0.705. The van der Waals surface area contributed by atoms with Gasteiger partial charge in [0.15, 0.2) is 6.23 Å². The molecule has 2 heterocycles. The standard InChI is InChI=1S/C14H17FN2O5/c1-4-14(15)11(20)10(8(3)19)22-12(14)17-7(2)9(6-18)5-16-13(17)21/h1,6,8,10-12,19-20H,5H2,2-3H3,(H,16,21)/t8-,10+,11-,12+,14?/m0/s1. The molecule has 1 fully saturated rings. The molecular weight excluding hydrogens is 295 g/mol. The van der Waals surface area contributed by atoms with Crippen LogP contribution in [0.1, 0.15) is 13.8 Å². The van der Waals surface area contributed by atoms with Gasteiger partial charge in [-0.1, -0.05) is 5.92 Å². The van der Waals surface area contributed by atoms with Gasteiger partial charge in [0.25, 0.3) is 0 Å². The third kappa shape index (κ3) is 2.27. The summed E-state index contributed by atoms with van der Waals surface area (Å²) in [6.07, 6.45) is -0.244. The summed E-state index contributed by atoms with van der Waals surface area (Å²) >= 11 is 0. The number of hydrogen-bond donors (Lipinski definition) is 3. The minimum Gasteiger partial charge on any atom is -0.391 e. The lowest BCUT2D eigenvalue weighted by Crippen LogP contribution is -2.57. The average molecular weight is 312 g/mol. The highest BCUT2D eigenvalue weighted by Crippen LogP contribution is 2.39. The third-order valence-electron chi connectivity index (χ3n) is 3.94. The van der Waals surface area contributed by atoms with Crippen molar-refractivity contribution in [1.29, 1.82) is 0 Å². The Morgan fingerprint density at radius 2 is 2.32 bits per heavy atom. The molecule has 1 saturated heterocycles. The van der Waals surface area contributed by atoms with Crippen molar-refractivity contribution in [3.63, 3.8) is 0 Å². The molecule has 0 aromatic carbocycles. The number of halogens is 1. The van der Waals surface area contributed by atoms with E-state index in [2.05, 4.69) is 5.32 Å². The number of carbonyl (C=O) groups excluding carboxylic acids is 2. The molecule has 2 amide bonds. The van der Waals surface area contributed by atoms with E-state index >= 15 is 4.39 Å². The number of aliphatic hydroxyl groups excluding tert-OH is 2. The van der Waals surface area contributed by atoms with Crippen molar-refractivity contribution in [2.24, 2.45) is 0 Å². The van der Waals surface area contributed by atoms with Gasteiger partial charge in [-0.3, -0.25) is 9.69 Å². The summed E-state index contributed by atoms with van der Waals surface area (Å²) < 4.78 is 20.3. The van der Waals surface area contributed by atoms with Crippen molar-refractivity contribution in [1.82, 2.24) is 10.2 Å². The highest BCUT2D eigenvalue weighted by atomic mass is 19.1. The minimum absolute atomic E-state index is 0.00904. The van der Waals surface area contributed by atoms with Gasteiger partial charge in [-0.05, 0) is 13.8 Å². The number of ether oxygens (including phenoxy) is 1. The summed E-state index contributed by atoms with van der Waals surface area (Å²) in [7, 11) is 0. The summed E-state index contributed by atoms with van der Waals surface area (Å²) in [5.41, 5.74) is -2.30. The lowest BCUT2D eigenvalue weighted by Gasteiger charge is -2.37. The van der Waals surface area contributed by atoms with E-state index in [1.54, 1.807) is 0 Å². The molecule has 5 atom stereocenters. The van der Waals surface area contributed by atoms with E-state index in [1.807, 2.05) is 5.92 Å². The first kappa shape index (κ1) is 16.4. The first-order valence-electron chi connectivity index (χ1n) is 6.68. The largest absolute Gasteiger partial charge is 0.391 e. The second-order valence-corrected chi connectivity index (χ2v) is 5.31. The third-order valence-corrected chi connectivity index (χ3v) is 3.94. The maximum Gasteiger partial charge on any atom is 0.324 e. The molecule has 7 nitrogen and oxygen atoms in total. The zero-order chi connectivity index (χ0) is 16.7. The van der Waals surface area contributed by atoms with E-state index < -0.39 is 36.2 Å². The van der Waals surface area contributed by atoms with Crippen LogP contribution in [0.15, 0.2) is 11.3 Å². The second-order valence-electron chi connectivity index (χ2n) is 5.31. The topological polar surface area (TPSA) is 99.1 Å². The summed E-state index contributed by atoms with van der Waals surface area (Å²) in [5.74, 6) is 1.81.